The van der Waals surface area contributed by atoms with Gasteiger partial charge in [0.2, 0.25) is 0 Å². The summed E-state index contributed by atoms with van der Waals surface area (Å²) in [5.74, 6) is 0. The molecule has 0 amide bonds. The maximum absolute atomic E-state index is 5.23. The number of hydrogen-bond acceptors (Lipinski definition) is 4. The Kier molecular flexibility index (Phi) is 7.14. The van der Waals surface area contributed by atoms with Crippen LogP contribution in [0.3, 0.4) is 0 Å². The second-order valence-electron chi connectivity index (χ2n) is 5.61. The number of ether oxygens (including phenoxy) is 4. The molecule has 0 spiro atoms. The zero-order valence-electron chi connectivity index (χ0n) is 12.1. The Morgan fingerprint density at radius 2 is 1.32 bits per heavy atom. The molecule has 3 rings (SSSR count). The van der Waals surface area contributed by atoms with Crippen LogP contribution in [0.15, 0.2) is 0 Å². The molecular weight excluding hydrogens is 244 g/mol. The van der Waals surface area contributed by atoms with Gasteiger partial charge in [0.15, 0.2) is 0 Å². The van der Waals surface area contributed by atoms with Crippen molar-refractivity contribution in [3.63, 3.8) is 0 Å². The molecule has 0 aliphatic carbocycles. The van der Waals surface area contributed by atoms with Gasteiger partial charge in [-0.3, -0.25) is 0 Å². The monoisotopic (exact) mass is 272 g/mol. The molecule has 0 bridgehead atoms. The summed E-state index contributed by atoms with van der Waals surface area (Å²) in [4.78, 5) is 0. The molecular formula is C15H28O4. The van der Waals surface area contributed by atoms with Gasteiger partial charge in [0.1, 0.15) is 12.2 Å². The average molecular weight is 272 g/mol. The van der Waals surface area contributed by atoms with E-state index in [9.17, 15) is 0 Å². The highest BCUT2D eigenvalue weighted by Gasteiger charge is 2.26. The van der Waals surface area contributed by atoms with E-state index >= 15 is 0 Å². The lowest BCUT2D eigenvalue weighted by molar-refractivity contribution is 0.102. The second-order valence-corrected chi connectivity index (χ2v) is 5.61. The molecule has 0 radical (unpaired) electrons. The van der Waals surface area contributed by atoms with Crippen molar-refractivity contribution in [1.29, 1.82) is 0 Å². The number of rotatable bonds is 10. The summed E-state index contributed by atoms with van der Waals surface area (Å²) in [6, 6.07) is 0. The van der Waals surface area contributed by atoms with E-state index in [1.807, 2.05) is 0 Å². The van der Waals surface area contributed by atoms with E-state index in [-0.39, 0.29) is 0 Å². The largest absolute Gasteiger partial charge is 0.376 e. The van der Waals surface area contributed by atoms with Crippen molar-refractivity contribution in [3.05, 3.63) is 0 Å². The Labute approximate surface area is 116 Å². The highest BCUT2D eigenvalue weighted by atomic mass is 16.6. The fourth-order valence-electron chi connectivity index (χ4n) is 1.87. The van der Waals surface area contributed by atoms with Gasteiger partial charge >= 0.3 is 0 Å². The first-order chi connectivity index (χ1) is 9.38. The smallest absolute Gasteiger partial charge is 0.104 e. The minimum Gasteiger partial charge on any atom is -0.376 e. The van der Waals surface area contributed by atoms with Gasteiger partial charge in [0, 0.05) is 0 Å². The normalized spacial score (nSPS) is 30.5. The van der Waals surface area contributed by atoms with Crippen LogP contribution in [0, 0.1) is 0 Å². The molecule has 3 atom stereocenters. The van der Waals surface area contributed by atoms with Crippen molar-refractivity contribution in [2.75, 3.05) is 33.0 Å². The van der Waals surface area contributed by atoms with Gasteiger partial charge in [-0.15, -0.1) is 0 Å². The standard InChI is InChI=1S/C9H18O.C6H10O3/c1-2-3-4-5-6-7-9-8-10-9;1(5-3-8-5)7-2-6-4-9-6/h9H,2-8H2,1H3;5-6H,1-4H2. The van der Waals surface area contributed by atoms with Gasteiger partial charge in [-0.25, -0.2) is 0 Å². The third kappa shape index (κ3) is 9.38. The summed E-state index contributed by atoms with van der Waals surface area (Å²) in [6.45, 7) is 6.55. The van der Waals surface area contributed by atoms with Crippen molar-refractivity contribution in [1.82, 2.24) is 0 Å². The zero-order valence-corrected chi connectivity index (χ0v) is 12.1. The first kappa shape index (κ1) is 15.2. The molecule has 3 unspecified atom stereocenters. The fraction of sp³-hybridized carbons (Fsp3) is 1.00. The maximum atomic E-state index is 5.23. The summed E-state index contributed by atoms with van der Waals surface area (Å²) in [5.41, 5.74) is 0. The molecule has 19 heavy (non-hydrogen) atoms. The van der Waals surface area contributed by atoms with E-state index in [0.29, 0.717) is 18.3 Å². The summed E-state index contributed by atoms with van der Waals surface area (Å²) >= 11 is 0. The average Bonchev–Trinajstić information content (AvgIpc) is 3.28. The Morgan fingerprint density at radius 1 is 0.789 bits per heavy atom. The summed E-state index contributed by atoms with van der Waals surface area (Å²) in [6.07, 6.45) is 9.71. The van der Waals surface area contributed by atoms with Crippen LogP contribution in [-0.2, 0) is 18.9 Å². The fourth-order valence-corrected chi connectivity index (χ4v) is 1.87. The molecule has 112 valence electrons. The van der Waals surface area contributed by atoms with Gasteiger partial charge in [-0.1, -0.05) is 39.0 Å². The molecule has 3 aliphatic rings. The minimum absolute atomic E-state index is 0.392. The van der Waals surface area contributed by atoms with Crippen molar-refractivity contribution in [2.24, 2.45) is 0 Å². The third-order valence-electron chi connectivity index (χ3n) is 3.44. The number of epoxide rings is 3. The number of unbranched alkanes of at least 4 members (excludes halogenated alkanes) is 4. The van der Waals surface area contributed by atoms with E-state index < -0.39 is 0 Å². The van der Waals surface area contributed by atoms with E-state index in [2.05, 4.69) is 6.92 Å². The number of hydrogen-bond donors (Lipinski definition) is 0. The van der Waals surface area contributed by atoms with Gasteiger partial charge < -0.3 is 18.9 Å². The predicted molar refractivity (Wildman–Crippen MR) is 73.4 cm³/mol. The van der Waals surface area contributed by atoms with Gasteiger partial charge in [-0.05, 0) is 6.42 Å². The Balaban J connectivity index is 0.000000141. The molecule has 4 heteroatoms. The van der Waals surface area contributed by atoms with Crippen LogP contribution in [0.4, 0.5) is 0 Å². The topological polar surface area (TPSA) is 46.8 Å². The van der Waals surface area contributed by atoms with E-state index in [1.165, 1.54) is 38.5 Å². The van der Waals surface area contributed by atoms with Crippen molar-refractivity contribution in [3.8, 4) is 0 Å². The molecule has 0 aromatic carbocycles. The highest BCUT2D eigenvalue weighted by molar-refractivity contribution is 4.71. The van der Waals surface area contributed by atoms with Gasteiger partial charge in [0.05, 0.1) is 39.1 Å². The van der Waals surface area contributed by atoms with Gasteiger partial charge in [-0.2, -0.15) is 0 Å². The van der Waals surface area contributed by atoms with E-state index in [1.54, 1.807) is 0 Å². The van der Waals surface area contributed by atoms with Crippen molar-refractivity contribution in [2.45, 2.75) is 63.8 Å². The van der Waals surface area contributed by atoms with Gasteiger partial charge in [0.25, 0.3) is 0 Å². The van der Waals surface area contributed by atoms with Crippen LogP contribution in [0.25, 0.3) is 0 Å². The molecule has 4 nitrogen and oxygen atoms in total. The van der Waals surface area contributed by atoms with Crippen LogP contribution in [0.2, 0.25) is 0 Å². The molecule has 3 saturated heterocycles. The SMILES string of the molecule is C(OCC1CO1)C1CO1.CCCCCCCC1CO1. The lowest BCUT2D eigenvalue weighted by Gasteiger charge is -1.96. The first-order valence-electron chi connectivity index (χ1n) is 7.81. The van der Waals surface area contributed by atoms with Crippen LogP contribution in [0.5, 0.6) is 0 Å². The Bertz CT molecular complexity index is 210. The van der Waals surface area contributed by atoms with Crippen LogP contribution >= 0.6 is 0 Å². The molecule has 0 aromatic rings. The summed E-state index contributed by atoms with van der Waals surface area (Å²) in [7, 11) is 0. The van der Waals surface area contributed by atoms with Crippen LogP contribution in [0.1, 0.15) is 45.4 Å². The minimum atomic E-state index is 0.392. The van der Waals surface area contributed by atoms with E-state index in [0.717, 1.165) is 33.0 Å². The maximum Gasteiger partial charge on any atom is 0.104 e. The van der Waals surface area contributed by atoms with Crippen LogP contribution in [-0.4, -0.2) is 51.3 Å². The second kappa shape index (κ2) is 8.90. The lowest BCUT2D eigenvalue weighted by atomic mass is 10.1. The Morgan fingerprint density at radius 3 is 1.79 bits per heavy atom. The van der Waals surface area contributed by atoms with Crippen molar-refractivity contribution < 1.29 is 18.9 Å². The predicted octanol–water partition coefficient (Wildman–Crippen LogP) is 2.55. The van der Waals surface area contributed by atoms with Crippen LogP contribution < -0.4 is 0 Å². The summed E-state index contributed by atoms with van der Waals surface area (Å²) in [5, 5.41) is 0. The van der Waals surface area contributed by atoms with Crippen molar-refractivity contribution >= 4 is 0 Å². The molecule has 0 saturated carbocycles. The summed E-state index contributed by atoms with van der Waals surface area (Å²) < 4.78 is 20.2. The quantitative estimate of drug-likeness (QED) is 0.453. The first-order valence-corrected chi connectivity index (χ1v) is 7.81. The molecule has 0 aromatic heterocycles. The molecule has 3 fully saturated rings. The lowest BCUT2D eigenvalue weighted by Crippen LogP contribution is -2.06. The Hall–Kier alpha value is -0.160. The molecule has 3 heterocycles. The zero-order chi connectivity index (χ0) is 13.3. The third-order valence-corrected chi connectivity index (χ3v) is 3.44. The molecule has 0 N–H and O–H groups in total. The molecule has 3 aliphatic heterocycles. The highest BCUT2D eigenvalue weighted by Crippen LogP contribution is 2.17. The van der Waals surface area contributed by atoms with E-state index in [4.69, 9.17) is 18.9 Å².